The third-order valence-electron chi connectivity index (χ3n) is 3.72. The Morgan fingerprint density at radius 2 is 1.96 bits per heavy atom. The molecule has 2 N–H and O–H groups in total. The summed E-state index contributed by atoms with van der Waals surface area (Å²) in [5.41, 5.74) is 3.93. The lowest BCUT2D eigenvalue weighted by atomic mass is 10.1. The molecule has 0 saturated carbocycles. The highest BCUT2D eigenvalue weighted by molar-refractivity contribution is 7.99. The van der Waals surface area contributed by atoms with Gasteiger partial charge in [0, 0.05) is 11.3 Å². The van der Waals surface area contributed by atoms with Crippen LogP contribution in [0, 0.1) is 13.8 Å². The molecule has 1 heterocycles. The van der Waals surface area contributed by atoms with Crippen molar-refractivity contribution in [2.75, 3.05) is 17.7 Å². The van der Waals surface area contributed by atoms with Crippen molar-refractivity contribution in [1.29, 1.82) is 0 Å². The Balaban J connectivity index is 1.59. The molecule has 3 rings (SSSR count). The van der Waals surface area contributed by atoms with Crippen LogP contribution in [0.4, 0.5) is 5.69 Å². The average molecular weight is 382 g/mol. The number of rotatable bonds is 7. The summed E-state index contributed by atoms with van der Waals surface area (Å²) < 4.78 is 5.51. The summed E-state index contributed by atoms with van der Waals surface area (Å²) in [5.74, 6) is 1.58. The highest BCUT2D eigenvalue weighted by Crippen LogP contribution is 2.23. The molecule has 0 unspecified atom stereocenters. The molecular formula is C20H22N4O2S. The molecule has 3 aromatic rings. The van der Waals surface area contributed by atoms with E-state index in [1.54, 1.807) is 0 Å². The van der Waals surface area contributed by atoms with Crippen molar-refractivity contribution in [2.45, 2.75) is 25.9 Å². The fourth-order valence-electron chi connectivity index (χ4n) is 2.71. The molecule has 0 aliphatic heterocycles. The second-order valence-electron chi connectivity index (χ2n) is 6.14. The van der Waals surface area contributed by atoms with Gasteiger partial charge in [-0.25, -0.2) is 4.98 Å². The number of anilines is 1. The Morgan fingerprint density at radius 3 is 2.70 bits per heavy atom. The molecule has 0 atom stereocenters. The summed E-state index contributed by atoms with van der Waals surface area (Å²) in [5, 5.41) is 10.5. The van der Waals surface area contributed by atoms with Crippen LogP contribution in [0.1, 0.15) is 18.1 Å². The number of hydrogen-bond acceptors (Lipinski definition) is 5. The molecule has 0 aliphatic rings. The number of carbonyl (C=O) groups excluding carboxylic acids is 1. The van der Waals surface area contributed by atoms with E-state index in [1.165, 1.54) is 11.8 Å². The topological polar surface area (TPSA) is 79.9 Å². The van der Waals surface area contributed by atoms with E-state index in [0.29, 0.717) is 17.6 Å². The summed E-state index contributed by atoms with van der Waals surface area (Å²) in [7, 11) is 0. The highest BCUT2D eigenvalue weighted by atomic mass is 32.2. The number of carbonyl (C=O) groups is 1. The van der Waals surface area contributed by atoms with Crippen molar-refractivity contribution in [2.24, 2.45) is 0 Å². The van der Waals surface area contributed by atoms with Crippen LogP contribution in [0.3, 0.4) is 0 Å². The summed E-state index contributed by atoms with van der Waals surface area (Å²) >= 11 is 1.29. The van der Waals surface area contributed by atoms with Crippen LogP contribution in [-0.4, -0.2) is 33.4 Å². The summed E-state index contributed by atoms with van der Waals surface area (Å²) in [6.07, 6.45) is 0. The lowest BCUT2D eigenvalue weighted by molar-refractivity contribution is -0.113. The van der Waals surface area contributed by atoms with Crippen molar-refractivity contribution < 1.29 is 9.53 Å². The fourth-order valence-corrected chi connectivity index (χ4v) is 3.31. The maximum Gasteiger partial charge on any atom is 0.234 e. The van der Waals surface area contributed by atoms with Gasteiger partial charge in [-0.1, -0.05) is 30.0 Å². The molecule has 0 radical (unpaired) electrons. The standard InChI is InChI=1S/C20H22N4O2S/c1-4-26-17-7-5-6-15(11-17)19-22-20(24-23-19)27-12-18(25)21-16-9-13(2)8-14(3)10-16/h5-11H,4,12H2,1-3H3,(H,21,25)(H,22,23,24). The van der Waals surface area contributed by atoms with Gasteiger partial charge in [-0.2, -0.15) is 0 Å². The Labute approximate surface area is 162 Å². The van der Waals surface area contributed by atoms with Crippen LogP contribution in [0.5, 0.6) is 5.75 Å². The number of aromatic amines is 1. The number of amides is 1. The van der Waals surface area contributed by atoms with Crippen LogP contribution in [0.25, 0.3) is 11.4 Å². The lowest BCUT2D eigenvalue weighted by Gasteiger charge is -2.06. The first kappa shape index (κ1) is 19.0. The Hall–Kier alpha value is -2.80. The third-order valence-corrected chi connectivity index (χ3v) is 4.57. The first-order valence-electron chi connectivity index (χ1n) is 8.70. The third kappa shape index (κ3) is 5.34. The molecule has 27 heavy (non-hydrogen) atoms. The monoisotopic (exact) mass is 382 g/mol. The Morgan fingerprint density at radius 1 is 1.19 bits per heavy atom. The van der Waals surface area contributed by atoms with E-state index < -0.39 is 0 Å². The number of aromatic nitrogens is 3. The normalized spacial score (nSPS) is 10.6. The molecule has 7 heteroatoms. The van der Waals surface area contributed by atoms with Gasteiger partial charge in [0.1, 0.15) is 5.75 Å². The van der Waals surface area contributed by atoms with Gasteiger partial charge < -0.3 is 10.1 Å². The van der Waals surface area contributed by atoms with Crippen LogP contribution >= 0.6 is 11.8 Å². The van der Waals surface area contributed by atoms with Gasteiger partial charge in [-0.05, 0) is 56.2 Å². The van der Waals surface area contributed by atoms with Crippen molar-refractivity contribution in [3.05, 3.63) is 53.6 Å². The van der Waals surface area contributed by atoms with Gasteiger partial charge in [0.05, 0.1) is 12.4 Å². The zero-order valence-corrected chi connectivity index (χ0v) is 16.4. The van der Waals surface area contributed by atoms with Gasteiger partial charge in [-0.3, -0.25) is 9.89 Å². The highest BCUT2D eigenvalue weighted by Gasteiger charge is 2.10. The summed E-state index contributed by atoms with van der Waals surface area (Å²) in [6, 6.07) is 13.6. The van der Waals surface area contributed by atoms with Crippen molar-refractivity contribution in [3.63, 3.8) is 0 Å². The van der Waals surface area contributed by atoms with E-state index in [-0.39, 0.29) is 11.7 Å². The lowest BCUT2D eigenvalue weighted by Crippen LogP contribution is -2.14. The molecule has 6 nitrogen and oxygen atoms in total. The van der Waals surface area contributed by atoms with E-state index in [4.69, 9.17) is 4.74 Å². The quantitative estimate of drug-likeness (QED) is 0.598. The van der Waals surface area contributed by atoms with Gasteiger partial charge in [0.25, 0.3) is 0 Å². The first-order valence-corrected chi connectivity index (χ1v) is 9.68. The zero-order valence-electron chi connectivity index (χ0n) is 15.6. The molecule has 1 amide bonds. The predicted molar refractivity (Wildman–Crippen MR) is 108 cm³/mol. The molecule has 0 fully saturated rings. The van der Waals surface area contributed by atoms with Crippen molar-refractivity contribution in [3.8, 4) is 17.1 Å². The second-order valence-corrected chi connectivity index (χ2v) is 7.08. The van der Waals surface area contributed by atoms with Gasteiger partial charge in [-0.15, -0.1) is 5.10 Å². The number of nitrogens with zero attached hydrogens (tertiary/aromatic N) is 2. The minimum atomic E-state index is -0.0882. The maximum atomic E-state index is 12.2. The SMILES string of the molecule is CCOc1cccc(-c2nc(SCC(=O)Nc3cc(C)cc(C)c3)n[nH]2)c1. The summed E-state index contributed by atoms with van der Waals surface area (Å²) in [4.78, 5) is 16.6. The van der Waals surface area contributed by atoms with E-state index in [9.17, 15) is 4.79 Å². The fraction of sp³-hybridized carbons (Fsp3) is 0.250. The van der Waals surface area contributed by atoms with Crippen molar-refractivity contribution >= 4 is 23.4 Å². The van der Waals surface area contributed by atoms with Gasteiger partial charge in [0.15, 0.2) is 5.82 Å². The zero-order chi connectivity index (χ0) is 19.2. The number of H-pyrrole nitrogens is 1. The molecule has 0 saturated heterocycles. The van der Waals surface area contributed by atoms with Crippen LogP contribution in [-0.2, 0) is 4.79 Å². The first-order chi connectivity index (χ1) is 13.0. The smallest absolute Gasteiger partial charge is 0.234 e. The average Bonchev–Trinajstić information content (AvgIpc) is 3.09. The van der Waals surface area contributed by atoms with E-state index in [1.807, 2.05) is 57.2 Å². The maximum absolute atomic E-state index is 12.2. The van der Waals surface area contributed by atoms with Crippen LogP contribution in [0.2, 0.25) is 0 Å². The number of ether oxygens (including phenoxy) is 1. The number of thioether (sulfide) groups is 1. The number of hydrogen-bond donors (Lipinski definition) is 2. The molecule has 140 valence electrons. The van der Waals surface area contributed by atoms with E-state index in [0.717, 1.165) is 28.1 Å². The number of benzene rings is 2. The van der Waals surface area contributed by atoms with E-state index in [2.05, 4.69) is 26.6 Å². The molecule has 1 aromatic heterocycles. The van der Waals surface area contributed by atoms with Crippen molar-refractivity contribution in [1.82, 2.24) is 15.2 Å². The number of nitrogens with one attached hydrogen (secondary N) is 2. The molecular weight excluding hydrogens is 360 g/mol. The molecule has 0 spiro atoms. The Kier molecular flexibility index (Phi) is 6.13. The Bertz CT molecular complexity index is 919. The van der Waals surface area contributed by atoms with Gasteiger partial charge >= 0.3 is 0 Å². The second kappa shape index (κ2) is 8.73. The largest absolute Gasteiger partial charge is 0.494 e. The molecule has 0 bridgehead atoms. The van der Waals surface area contributed by atoms with Crippen LogP contribution < -0.4 is 10.1 Å². The van der Waals surface area contributed by atoms with Crippen LogP contribution in [0.15, 0.2) is 47.6 Å². The van der Waals surface area contributed by atoms with E-state index >= 15 is 0 Å². The predicted octanol–water partition coefficient (Wildman–Crippen LogP) is 4.22. The minimum absolute atomic E-state index is 0.0882. The van der Waals surface area contributed by atoms with Gasteiger partial charge in [0.2, 0.25) is 11.1 Å². The molecule has 2 aromatic carbocycles. The minimum Gasteiger partial charge on any atom is -0.494 e. The number of aryl methyl sites for hydroxylation is 2. The summed E-state index contributed by atoms with van der Waals surface area (Å²) in [6.45, 7) is 6.57. The molecule has 0 aliphatic carbocycles.